The number of hydrogen-bond acceptors (Lipinski definition) is 1. The molecule has 0 spiro atoms. The molecule has 0 saturated carbocycles. The Hall–Kier alpha value is -1.72. The van der Waals surface area contributed by atoms with Gasteiger partial charge in [-0.2, -0.15) is 13.2 Å². The molecule has 1 aliphatic heterocycles. The van der Waals surface area contributed by atoms with E-state index in [1.807, 2.05) is 26.0 Å². The minimum absolute atomic E-state index is 0.0942. The van der Waals surface area contributed by atoms with Gasteiger partial charge in [-0.3, -0.25) is 0 Å². The van der Waals surface area contributed by atoms with Gasteiger partial charge in [0.05, 0.1) is 5.92 Å². The highest BCUT2D eigenvalue weighted by Crippen LogP contribution is 2.33. The molecule has 2 rings (SSSR count). The molecule has 1 aliphatic rings. The number of urea groups is 1. The summed E-state index contributed by atoms with van der Waals surface area (Å²) in [4.78, 5) is 13.3. The van der Waals surface area contributed by atoms with Crippen molar-refractivity contribution in [1.82, 2.24) is 4.90 Å². The number of anilines is 1. The minimum atomic E-state index is -4.24. The SMILES string of the molecule is Cc1ccc(NC(=O)N2CCC[C@@H](C(F)(F)F)C2)cc1C. The second-order valence-corrected chi connectivity index (χ2v) is 5.56. The summed E-state index contributed by atoms with van der Waals surface area (Å²) < 4.78 is 38.2. The highest BCUT2D eigenvalue weighted by molar-refractivity contribution is 5.89. The van der Waals surface area contributed by atoms with Crippen LogP contribution in [-0.2, 0) is 0 Å². The quantitative estimate of drug-likeness (QED) is 0.831. The number of likely N-dealkylation sites (tertiary alicyclic amines) is 1. The molecule has 1 aromatic rings. The van der Waals surface area contributed by atoms with Gasteiger partial charge < -0.3 is 10.2 Å². The van der Waals surface area contributed by atoms with E-state index in [1.54, 1.807) is 6.07 Å². The number of aryl methyl sites for hydroxylation is 2. The van der Waals surface area contributed by atoms with Crippen molar-refractivity contribution >= 4 is 11.7 Å². The number of alkyl halides is 3. The molecule has 1 atom stereocenters. The standard InChI is InChI=1S/C15H19F3N2O/c1-10-5-6-13(8-11(10)2)19-14(21)20-7-3-4-12(9-20)15(16,17)18/h5-6,8,12H,3-4,7,9H2,1-2H3,(H,19,21)/t12-/m1/s1. The first-order chi connectivity index (χ1) is 9.77. The molecule has 1 N–H and O–H groups in total. The molecule has 2 amide bonds. The maximum atomic E-state index is 12.7. The maximum Gasteiger partial charge on any atom is 0.393 e. The normalized spacial score (nSPS) is 19.5. The Balaban J connectivity index is 2.01. The summed E-state index contributed by atoms with van der Waals surface area (Å²) >= 11 is 0. The van der Waals surface area contributed by atoms with Crippen LogP contribution in [0, 0.1) is 19.8 Å². The summed E-state index contributed by atoms with van der Waals surface area (Å²) in [7, 11) is 0. The molecule has 1 saturated heterocycles. The van der Waals surface area contributed by atoms with Crippen LogP contribution in [0.5, 0.6) is 0 Å². The maximum absolute atomic E-state index is 12.7. The van der Waals surface area contributed by atoms with E-state index in [2.05, 4.69) is 5.32 Å². The van der Waals surface area contributed by atoms with Crippen LogP contribution in [0.4, 0.5) is 23.7 Å². The zero-order chi connectivity index (χ0) is 15.6. The van der Waals surface area contributed by atoms with Gasteiger partial charge in [0.2, 0.25) is 0 Å². The van der Waals surface area contributed by atoms with E-state index in [0.717, 1.165) is 11.1 Å². The fourth-order valence-electron chi connectivity index (χ4n) is 2.45. The second-order valence-electron chi connectivity index (χ2n) is 5.56. The Bertz CT molecular complexity index is 528. The lowest BCUT2D eigenvalue weighted by molar-refractivity contribution is -0.183. The molecule has 0 bridgehead atoms. The molecule has 0 aromatic heterocycles. The molecule has 21 heavy (non-hydrogen) atoms. The van der Waals surface area contributed by atoms with Crippen molar-refractivity contribution in [2.24, 2.45) is 5.92 Å². The van der Waals surface area contributed by atoms with Gasteiger partial charge in [0.15, 0.2) is 0 Å². The average molecular weight is 300 g/mol. The van der Waals surface area contributed by atoms with Gasteiger partial charge in [0, 0.05) is 18.8 Å². The van der Waals surface area contributed by atoms with Crippen molar-refractivity contribution in [2.45, 2.75) is 32.9 Å². The van der Waals surface area contributed by atoms with Gasteiger partial charge in [-0.15, -0.1) is 0 Å². The Morgan fingerprint density at radius 1 is 1.29 bits per heavy atom. The van der Waals surface area contributed by atoms with Crippen LogP contribution in [0.2, 0.25) is 0 Å². The molecule has 1 aromatic carbocycles. The number of carbonyl (C=O) groups is 1. The molecule has 6 heteroatoms. The smallest absolute Gasteiger partial charge is 0.324 e. The van der Waals surface area contributed by atoms with Crippen molar-refractivity contribution in [3.63, 3.8) is 0 Å². The summed E-state index contributed by atoms with van der Waals surface area (Å²) in [6, 6.07) is 4.98. The van der Waals surface area contributed by atoms with E-state index in [1.165, 1.54) is 4.90 Å². The van der Waals surface area contributed by atoms with Crippen LogP contribution in [0.1, 0.15) is 24.0 Å². The monoisotopic (exact) mass is 300 g/mol. The van der Waals surface area contributed by atoms with Crippen molar-refractivity contribution in [1.29, 1.82) is 0 Å². The first-order valence-electron chi connectivity index (χ1n) is 6.97. The fourth-order valence-corrected chi connectivity index (χ4v) is 2.45. The van der Waals surface area contributed by atoms with Crippen LogP contribution in [0.15, 0.2) is 18.2 Å². The molecular formula is C15H19F3N2O. The van der Waals surface area contributed by atoms with E-state index in [4.69, 9.17) is 0 Å². The number of hydrogen-bond donors (Lipinski definition) is 1. The van der Waals surface area contributed by atoms with Gasteiger partial charge in [0.25, 0.3) is 0 Å². The van der Waals surface area contributed by atoms with Crippen LogP contribution in [0.25, 0.3) is 0 Å². The van der Waals surface area contributed by atoms with Crippen LogP contribution >= 0.6 is 0 Å². The molecule has 0 radical (unpaired) electrons. The third-order valence-corrected chi connectivity index (χ3v) is 3.93. The third kappa shape index (κ3) is 3.89. The van der Waals surface area contributed by atoms with Crippen LogP contribution < -0.4 is 5.32 Å². The van der Waals surface area contributed by atoms with Crippen LogP contribution in [0.3, 0.4) is 0 Å². The predicted octanol–water partition coefficient (Wildman–Crippen LogP) is 4.11. The third-order valence-electron chi connectivity index (χ3n) is 3.93. The summed E-state index contributed by atoms with van der Waals surface area (Å²) in [5.41, 5.74) is 2.74. The highest BCUT2D eigenvalue weighted by Gasteiger charge is 2.42. The number of nitrogens with zero attached hydrogens (tertiary/aromatic N) is 1. The molecule has 3 nitrogen and oxygen atoms in total. The Kier molecular flexibility index (Phi) is 4.44. The molecule has 0 unspecified atom stereocenters. The van der Waals surface area contributed by atoms with Crippen molar-refractivity contribution < 1.29 is 18.0 Å². The zero-order valence-electron chi connectivity index (χ0n) is 12.1. The molecular weight excluding hydrogens is 281 g/mol. The lowest BCUT2D eigenvalue weighted by atomic mass is 9.98. The molecule has 116 valence electrons. The number of rotatable bonds is 1. The minimum Gasteiger partial charge on any atom is -0.324 e. The predicted molar refractivity (Wildman–Crippen MR) is 75.3 cm³/mol. The van der Waals surface area contributed by atoms with E-state index in [9.17, 15) is 18.0 Å². The summed E-state index contributed by atoms with van der Waals surface area (Å²) in [5.74, 6) is -1.42. The van der Waals surface area contributed by atoms with Gasteiger partial charge >= 0.3 is 12.2 Å². The lowest BCUT2D eigenvalue weighted by Gasteiger charge is -2.33. The number of benzene rings is 1. The number of carbonyl (C=O) groups excluding carboxylic acids is 1. The van der Waals surface area contributed by atoms with Crippen molar-refractivity contribution in [3.05, 3.63) is 29.3 Å². The average Bonchev–Trinajstić information content (AvgIpc) is 2.42. The molecule has 1 fully saturated rings. The molecule has 1 heterocycles. The van der Waals surface area contributed by atoms with E-state index >= 15 is 0 Å². The summed E-state index contributed by atoms with van der Waals surface area (Å²) in [6.45, 7) is 3.98. The van der Waals surface area contributed by atoms with Gasteiger partial charge in [-0.05, 0) is 49.9 Å². The second kappa shape index (κ2) is 5.95. The first-order valence-corrected chi connectivity index (χ1v) is 6.97. The Morgan fingerprint density at radius 3 is 2.62 bits per heavy atom. The number of piperidine rings is 1. The van der Waals surface area contributed by atoms with Gasteiger partial charge in [-0.25, -0.2) is 4.79 Å². The van der Waals surface area contributed by atoms with E-state index < -0.39 is 18.1 Å². The van der Waals surface area contributed by atoms with E-state index in [0.29, 0.717) is 18.7 Å². The van der Waals surface area contributed by atoms with Crippen molar-refractivity contribution in [3.8, 4) is 0 Å². The van der Waals surface area contributed by atoms with Crippen LogP contribution in [-0.4, -0.2) is 30.2 Å². The number of halogens is 3. The number of nitrogens with one attached hydrogen (secondary N) is 1. The van der Waals surface area contributed by atoms with E-state index in [-0.39, 0.29) is 13.0 Å². The van der Waals surface area contributed by atoms with Crippen molar-refractivity contribution in [2.75, 3.05) is 18.4 Å². The number of amides is 2. The zero-order valence-corrected chi connectivity index (χ0v) is 12.1. The highest BCUT2D eigenvalue weighted by atomic mass is 19.4. The Morgan fingerprint density at radius 2 is 2.00 bits per heavy atom. The van der Waals surface area contributed by atoms with Gasteiger partial charge in [-0.1, -0.05) is 6.07 Å². The first kappa shape index (κ1) is 15.7. The fraction of sp³-hybridized carbons (Fsp3) is 0.533. The van der Waals surface area contributed by atoms with Gasteiger partial charge in [0.1, 0.15) is 0 Å². The summed E-state index contributed by atoms with van der Waals surface area (Å²) in [6.07, 6.45) is -3.76. The Labute approximate surface area is 122 Å². The lowest BCUT2D eigenvalue weighted by Crippen LogP contribution is -2.46. The molecule has 0 aliphatic carbocycles. The topological polar surface area (TPSA) is 32.3 Å². The summed E-state index contributed by atoms with van der Waals surface area (Å²) in [5, 5.41) is 2.67. The largest absolute Gasteiger partial charge is 0.393 e.